The van der Waals surface area contributed by atoms with Gasteiger partial charge in [-0.2, -0.15) is 0 Å². The second-order valence-electron chi connectivity index (χ2n) is 5.85. The van der Waals surface area contributed by atoms with Gasteiger partial charge in [-0.25, -0.2) is 0 Å². The summed E-state index contributed by atoms with van der Waals surface area (Å²) in [6.45, 7) is 5.73. The summed E-state index contributed by atoms with van der Waals surface area (Å²) in [5, 5.41) is 2.95. The number of fused-ring (bicyclic) bond motifs is 2. The number of amides is 1. The summed E-state index contributed by atoms with van der Waals surface area (Å²) < 4.78 is 0. The highest BCUT2D eigenvalue weighted by molar-refractivity contribution is 5.76. The smallest absolute Gasteiger partial charge is 0.221 e. The molecule has 0 aromatic rings. The van der Waals surface area contributed by atoms with Gasteiger partial charge >= 0.3 is 0 Å². The Morgan fingerprint density at radius 3 is 2.71 bits per heavy atom. The lowest BCUT2D eigenvalue weighted by molar-refractivity contribution is -0.122. The monoisotopic (exact) mass is 239 g/mol. The van der Waals surface area contributed by atoms with Crippen LogP contribution in [0.2, 0.25) is 0 Å². The molecule has 0 spiro atoms. The predicted octanol–water partition coefficient (Wildman–Crippen LogP) is 0.713. The number of likely N-dealkylation sites (tertiary alicyclic amines) is 1. The van der Waals surface area contributed by atoms with Crippen LogP contribution in [0.1, 0.15) is 39.5 Å². The molecule has 17 heavy (non-hydrogen) atoms. The Morgan fingerprint density at radius 1 is 1.47 bits per heavy atom. The first kappa shape index (κ1) is 12.8. The molecular weight excluding hydrogens is 214 g/mol. The second kappa shape index (κ2) is 5.36. The third-order valence-electron chi connectivity index (χ3n) is 4.06. The number of rotatable bonds is 5. The molecule has 3 unspecified atom stereocenters. The molecule has 1 aliphatic carbocycles. The number of carbonyl (C=O) groups excluding carboxylic acids is 1. The van der Waals surface area contributed by atoms with E-state index in [-0.39, 0.29) is 18.0 Å². The van der Waals surface area contributed by atoms with Gasteiger partial charge in [0.1, 0.15) is 0 Å². The van der Waals surface area contributed by atoms with E-state index in [0.29, 0.717) is 19.0 Å². The van der Waals surface area contributed by atoms with Crippen LogP contribution in [-0.2, 0) is 4.79 Å². The molecule has 1 amide bonds. The van der Waals surface area contributed by atoms with Crippen LogP contribution >= 0.6 is 0 Å². The fourth-order valence-electron chi connectivity index (χ4n) is 3.34. The number of nitrogens with one attached hydrogen (secondary N) is 1. The Labute approximate surface area is 104 Å². The van der Waals surface area contributed by atoms with Crippen LogP contribution < -0.4 is 11.1 Å². The van der Waals surface area contributed by atoms with E-state index in [0.717, 1.165) is 12.5 Å². The average molecular weight is 239 g/mol. The van der Waals surface area contributed by atoms with Crippen molar-refractivity contribution in [3.8, 4) is 0 Å². The minimum Gasteiger partial charge on any atom is -0.354 e. The van der Waals surface area contributed by atoms with Gasteiger partial charge in [0.2, 0.25) is 5.91 Å². The topological polar surface area (TPSA) is 58.4 Å². The molecule has 4 nitrogen and oxygen atoms in total. The summed E-state index contributed by atoms with van der Waals surface area (Å²) in [6, 6.07) is 1.15. The average Bonchev–Trinajstić information content (AvgIpc) is 2.86. The van der Waals surface area contributed by atoms with Crippen LogP contribution in [0.4, 0.5) is 0 Å². The first-order valence-electron chi connectivity index (χ1n) is 6.85. The molecule has 98 valence electrons. The van der Waals surface area contributed by atoms with Crippen molar-refractivity contribution in [3.05, 3.63) is 0 Å². The van der Waals surface area contributed by atoms with E-state index in [1.165, 1.54) is 19.3 Å². The van der Waals surface area contributed by atoms with Crippen molar-refractivity contribution in [2.45, 2.75) is 57.7 Å². The molecule has 4 heteroatoms. The van der Waals surface area contributed by atoms with Gasteiger partial charge in [-0.3, -0.25) is 9.69 Å². The maximum absolute atomic E-state index is 11.8. The van der Waals surface area contributed by atoms with Gasteiger partial charge in [-0.15, -0.1) is 0 Å². The molecule has 1 heterocycles. The molecule has 1 saturated heterocycles. The van der Waals surface area contributed by atoms with E-state index < -0.39 is 0 Å². The van der Waals surface area contributed by atoms with Crippen molar-refractivity contribution in [1.82, 2.24) is 10.2 Å². The van der Waals surface area contributed by atoms with Crippen LogP contribution in [0.5, 0.6) is 0 Å². The quantitative estimate of drug-likeness (QED) is 0.743. The van der Waals surface area contributed by atoms with Gasteiger partial charge in [0.15, 0.2) is 0 Å². The standard InChI is InChI=1S/C13H25N3O/c1-9(2)15-13(17)6-12(7-14)16-8-10-3-4-11(16)5-10/h9-12H,3-8,14H2,1-2H3,(H,15,17). The summed E-state index contributed by atoms with van der Waals surface area (Å²) >= 11 is 0. The number of hydrogen-bond acceptors (Lipinski definition) is 3. The summed E-state index contributed by atoms with van der Waals surface area (Å²) in [5.41, 5.74) is 5.84. The molecule has 3 atom stereocenters. The molecule has 1 aliphatic heterocycles. The zero-order valence-corrected chi connectivity index (χ0v) is 11.0. The minimum atomic E-state index is 0.137. The molecule has 3 N–H and O–H groups in total. The fourth-order valence-corrected chi connectivity index (χ4v) is 3.34. The Hall–Kier alpha value is -0.610. The number of nitrogens with two attached hydrogens (primary N) is 1. The summed E-state index contributed by atoms with van der Waals surface area (Å²) in [7, 11) is 0. The second-order valence-corrected chi connectivity index (χ2v) is 5.85. The highest BCUT2D eigenvalue weighted by Gasteiger charge is 2.40. The van der Waals surface area contributed by atoms with Crippen molar-refractivity contribution in [1.29, 1.82) is 0 Å². The van der Waals surface area contributed by atoms with Crippen LogP contribution in [0.15, 0.2) is 0 Å². The lowest BCUT2D eigenvalue weighted by Crippen LogP contribution is -2.48. The predicted molar refractivity (Wildman–Crippen MR) is 68.6 cm³/mol. The number of carbonyl (C=O) groups is 1. The van der Waals surface area contributed by atoms with E-state index in [1.54, 1.807) is 0 Å². The van der Waals surface area contributed by atoms with E-state index >= 15 is 0 Å². The zero-order chi connectivity index (χ0) is 12.4. The largest absolute Gasteiger partial charge is 0.354 e. The van der Waals surface area contributed by atoms with E-state index in [4.69, 9.17) is 5.73 Å². The molecule has 2 bridgehead atoms. The maximum atomic E-state index is 11.8. The van der Waals surface area contributed by atoms with Crippen LogP contribution in [-0.4, -0.2) is 42.0 Å². The van der Waals surface area contributed by atoms with E-state index in [9.17, 15) is 4.79 Å². The maximum Gasteiger partial charge on any atom is 0.221 e. The molecular formula is C13H25N3O. The number of nitrogens with zero attached hydrogens (tertiary/aromatic N) is 1. The third kappa shape index (κ3) is 2.99. The van der Waals surface area contributed by atoms with Crippen LogP contribution in [0.25, 0.3) is 0 Å². The molecule has 0 aromatic heterocycles. The van der Waals surface area contributed by atoms with Crippen molar-refractivity contribution < 1.29 is 4.79 Å². The van der Waals surface area contributed by atoms with Crippen LogP contribution in [0, 0.1) is 5.92 Å². The van der Waals surface area contributed by atoms with Gasteiger partial charge in [-0.05, 0) is 39.0 Å². The lowest BCUT2D eigenvalue weighted by Gasteiger charge is -2.34. The molecule has 2 fully saturated rings. The molecule has 2 aliphatic rings. The van der Waals surface area contributed by atoms with E-state index in [1.807, 2.05) is 13.8 Å². The first-order chi connectivity index (χ1) is 8.10. The minimum absolute atomic E-state index is 0.137. The van der Waals surface area contributed by atoms with Crippen molar-refractivity contribution in [3.63, 3.8) is 0 Å². The van der Waals surface area contributed by atoms with Gasteiger partial charge in [0.25, 0.3) is 0 Å². The summed E-state index contributed by atoms with van der Waals surface area (Å²) in [6.07, 6.45) is 4.55. The number of piperidine rings is 1. The molecule has 1 saturated carbocycles. The Bertz CT molecular complexity index is 280. The highest BCUT2D eigenvalue weighted by Crippen LogP contribution is 2.38. The van der Waals surface area contributed by atoms with Crippen molar-refractivity contribution >= 4 is 5.91 Å². The molecule has 0 radical (unpaired) electrons. The number of hydrogen-bond donors (Lipinski definition) is 2. The first-order valence-corrected chi connectivity index (χ1v) is 6.85. The van der Waals surface area contributed by atoms with Crippen molar-refractivity contribution in [2.24, 2.45) is 11.7 Å². The van der Waals surface area contributed by atoms with Gasteiger partial charge in [0.05, 0.1) is 0 Å². The van der Waals surface area contributed by atoms with Gasteiger partial charge in [-0.1, -0.05) is 0 Å². The normalized spacial score (nSPS) is 29.9. The lowest BCUT2D eigenvalue weighted by atomic mass is 10.1. The Morgan fingerprint density at radius 2 is 2.24 bits per heavy atom. The van der Waals surface area contributed by atoms with Crippen molar-refractivity contribution in [2.75, 3.05) is 13.1 Å². The zero-order valence-electron chi connectivity index (χ0n) is 11.0. The molecule has 2 rings (SSSR count). The Balaban J connectivity index is 1.86. The Kier molecular flexibility index (Phi) is 4.05. The summed E-state index contributed by atoms with van der Waals surface area (Å²) in [5.74, 6) is 1.00. The van der Waals surface area contributed by atoms with E-state index in [2.05, 4.69) is 10.2 Å². The van der Waals surface area contributed by atoms with Crippen LogP contribution in [0.3, 0.4) is 0 Å². The van der Waals surface area contributed by atoms with Gasteiger partial charge in [0, 0.05) is 37.6 Å². The summed E-state index contributed by atoms with van der Waals surface area (Å²) in [4.78, 5) is 14.3. The fraction of sp³-hybridized carbons (Fsp3) is 0.923. The SMILES string of the molecule is CC(C)NC(=O)CC(CN)N1CC2CCC1C2. The third-order valence-corrected chi connectivity index (χ3v) is 4.06. The molecule has 0 aromatic carbocycles. The van der Waals surface area contributed by atoms with Gasteiger partial charge < -0.3 is 11.1 Å². The highest BCUT2D eigenvalue weighted by atomic mass is 16.1.